The Kier molecular flexibility index (Phi) is 1.77. The highest BCUT2D eigenvalue weighted by molar-refractivity contribution is 7.17. The summed E-state index contributed by atoms with van der Waals surface area (Å²) < 4.78 is 3.18. The minimum Gasteiger partial charge on any atom is -0.290 e. The van der Waals surface area contributed by atoms with E-state index in [4.69, 9.17) is 0 Å². The monoisotopic (exact) mass is 249 g/mol. The van der Waals surface area contributed by atoms with Crippen LogP contribution in [0.2, 0.25) is 0 Å². The Morgan fingerprint density at radius 1 is 1.17 bits per heavy atom. The lowest BCUT2D eigenvalue weighted by atomic mass is 10.2. The molecule has 0 N–H and O–H groups in total. The number of aromatic nitrogens is 2. The van der Waals surface area contributed by atoms with Crippen molar-refractivity contribution >= 4 is 38.2 Å². The van der Waals surface area contributed by atoms with Crippen molar-refractivity contribution in [2.24, 2.45) is 0 Å². The molecular formula is C14H7N3S. The molecule has 84 valence electrons. The number of imidazole rings is 1. The van der Waals surface area contributed by atoms with Crippen LogP contribution in [0.15, 0.2) is 41.8 Å². The quantitative estimate of drug-likeness (QED) is 0.478. The van der Waals surface area contributed by atoms with Crippen LogP contribution in [0.25, 0.3) is 26.9 Å². The maximum absolute atomic E-state index is 9.26. The van der Waals surface area contributed by atoms with Gasteiger partial charge in [-0.2, -0.15) is 5.26 Å². The van der Waals surface area contributed by atoms with Gasteiger partial charge in [-0.05, 0) is 29.6 Å². The minimum atomic E-state index is 0.626. The van der Waals surface area contributed by atoms with Gasteiger partial charge in [0, 0.05) is 0 Å². The Hall–Kier alpha value is -2.38. The summed E-state index contributed by atoms with van der Waals surface area (Å²) in [5.41, 5.74) is 4.45. The predicted octanol–water partition coefficient (Wildman–Crippen LogP) is 3.57. The second-order valence-electron chi connectivity index (χ2n) is 4.10. The minimum absolute atomic E-state index is 0.626. The average molecular weight is 249 g/mol. The number of pyridine rings is 1. The second kappa shape index (κ2) is 3.31. The zero-order chi connectivity index (χ0) is 12.1. The van der Waals surface area contributed by atoms with Gasteiger partial charge >= 0.3 is 0 Å². The lowest BCUT2D eigenvalue weighted by Crippen LogP contribution is -1.89. The third-order valence-electron chi connectivity index (χ3n) is 3.11. The molecule has 4 heteroatoms. The Morgan fingerprint density at radius 2 is 2.06 bits per heavy atom. The van der Waals surface area contributed by atoms with Crippen molar-refractivity contribution in [2.75, 3.05) is 0 Å². The first kappa shape index (κ1) is 9.63. The van der Waals surface area contributed by atoms with E-state index in [1.807, 2.05) is 35.7 Å². The van der Waals surface area contributed by atoms with Gasteiger partial charge in [0.2, 0.25) is 0 Å². The van der Waals surface area contributed by atoms with Gasteiger partial charge in [-0.1, -0.05) is 12.1 Å². The van der Waals surface area contributed by atoms with Crippen LogP contribution < -0.4 is 0 Å². The molecule has 0 aliphatic heterocycles. The summed E-state index contributed by atoms with van der Waals surface area (Å²) in [6.07, 6.45) is 0. The van der Waals surface area contributed by atoms with Gasteiger partial charge in [-0.3, -0.25) is 4.40 Å². The van der Waals surface area contributed by atoms with Gasteiger partial charge in [-0.25, -0.2) is 4.98 Å². The molecule has 0 atom stereocenters. The van der Waals surface area contributed by atoms with Gasteiger partial charge in [0.05, 0.1) is 26.8 Å². The maximum Gasteiger partial charge on any atom is 0.156 e. The molecule has 1 aromatic carbocycles. The van der Waals surface area contributed by atoms with E-state index in [1.165, 1.54) is 0 Å². The molecule has 0 aliphatic rings. The lowest BCUT2D eigenvalue weighted by molar-refractivity contribution is 1.29. The normalized spacial score (nSPS) is 11.3. The number of hydrogen-bond donors (Lipinski definition) is 0. The molecule has 3 heterocycles. The Balaban J connectivity index is 2.43. The highest BCUT2D eigenvalue weighted by atomic mass is 32.1. The van der Waals surface area contributed by atoms with E-state index in [-0.39, 0.29) is 0 Å². The first-order valence-corrected chi connectivity index (χ1v) is 6.44. The van der Waals surface area contributed by atoms with Gasteiger partial charge in [0.1, 0.15) is 6.07 Å². The van der Waals surface area contributed by atoms with Crippen molar-refractivity contribution in [3.63, 3.8) is 0 Å². The van der Waals surface area contributed by atoms with E-state index in [0.29, 0.717) is 5.56 Å². The number of thiophene rings is 1. The number of hydrogen-bond acceptors (Lipinski definition) is 3. The van der Waals surface area contributed by atoms with Gasteiger partial charge in [0.15, 0.2) is 5.65 Å². The van der Waals surface area contributed by atoms with Crippen molar-refractivity contribution < 1.29 is 0 Å². The van der Waals surface area contributed by atoms with E-state index in [9.17, 15) is 5.26 Å². The average Bonchev–Trinajstić information content (AvgIpc) is 3.00. The number of fused-ring (bicyclic) bond motifs is 5. The summed E-state index contributed by atoms with van der Waals surface area (Å²) in [5, 5.41) is 11.3. The molecule has 0 spiro atoms. The third kappa shape index (κ3) is 1.09. The fourth-order valence-electron chi connectivity index (χ4n) is 2.34. The standard InChI is InChI=1S/C14H7N3S/c15-8-9-7-13-12(5-6-18-13)17-11-4-2-1-3-10(11)16-14(9)17/h1-7H. The van der Waals surface area contributed by atoms with Gasteiger partial charge in [-0.15, -0.1) is 11.3 Å². The van der Waals surface area contributed by atoms with Crippen LogP contribution in [-0.4, -0.2) is 9.38 Å². The largest absolute Gasteiger partial charge is 0.290 e. The predicted molar refractivity (Wildman–Crippen MR) is 72.8 cm³/mol. The van der Waals surface area contributed by atoms with Crippen LogP contribution >= 0.6 is 11.3 Å². The summed E-state index contributed by atoms with van der Waals surface area (Å²) in [6, 6.07) is 14.2. The number of nitriles is 1. The molecule has 3 aromatic heterocycles. The molecular weight excluding hydrogens is 242 g/mol. The molecule has 0 aliphatic carbocycles. The Bertz CT molecular complexity index is 940. The fourth-order valence-corrected chi connectivity index (χ4v) is 3.14. The first-order valence-electron chi connectivity index (χ1n) is 5.56. The SMILES string of the molecule is N#Cc1cc2sccc2n2c1nc1ccccc12. The topological polar surface area (TPSA) is 41.1 Å². The van der Waals surface area contributed by atoms with Crippen molar-refractivity contribution in [2.45, 2.75) is 0 Å². The van der Waals surface area contributed by atoms with Gasteiger partial charge in [0.25, 0.3) is 0 Å². The highest BCUT2D eigenvalue weighted by Gasteiger charge is 2.12. The molecule has 0 saturated heterocycles. The number of rotatable bonds is 0. The first-order chi connectivity index (χ1) is 8.88. The molecule has 0 radical (unpaired) electrons. The fraction of sp³-hybridized carbons (Fsp3) is 0. The number of nitrogens with zero attached hydrogens (tertiary/aromatic N) is 3. The van der Waals surface area contributed by atoms with E-state index < -0.39 is 0 Å². The summed E-state index contributed by atoms with van der Waals surface area (Å²) in [5.74, 6) is 0. The molecule has 0 unspecified atom stereocenters. The summed E-state index contributed by atoms with van der Waals surface area (Å²) in [7, 11) is 0. The number of benzene rings is 1. The number of para-hydroxylation sites is 2. The van der Waals surface area contributed by atoms with Gasteiger partial charge < -0.3 is 0 Å². The smallest absolute Gasteiger partial charge is 0.156 e. The summed E-state index contributed by atoms with van der Waals surface area (Å²) in [6.45, 7) is 0. The van der Waals surface area contributed by atoms with Crippen LogP contribution in [0.1, 0.15) is 5.56 Å². The van der Waals surface area contributed by atoms with Crippen molar-refractivity contribution in [3.8, 4) is 6.07 Å². The van der Waals surface area contributed by atoms with Crippen LogP contribution in [0.4, 0.5) is 0 Å². The van der Waals surface area contributed by atoms with Crippen LogP contribution in [-0.2, 0) is 0 Å². The van der Waals surface area contributed by atoms with Crippen molar-refractivity contribution in [1.82, 2.24) is 9.38 Å². The second-order valence-corrected chi connectivity index (χ2v) is 5.05. The molecule has 4 rings (SSSR count). The van der Waals surface area contributed by atoms with Crippen LogP contribution in [0, 0.1) is 11.3 Å². The molecule has 0 bridgehead atoms. The lowest BCUT2D eigenvalue weighted by Gasteiger charge is -2.00. The van der Waals surface area contributed by atoms with Crippen LogP contribution in [0.3, 0.4) is 0 Å². The van der Waals surface area contributed by atoms with Crippen molar-refractivity contribution in [1.29, 1.82) is 5.26 Å². The molecule has 0 fully saturated rings. The molecule has 18 heavy (non-hydrogen) atoms. The highest BCUT2D eigenvalue weighted by Crippen LogP contribution is 2.28. The zero-order valence-corrected chi connectivity index (χ0v) is 10.1. The van der Waals surface area contributed by atoms with E-state index in [1.54, 1.807) is 11.3 Å². The zero-order valence-electron chi connectivity index (χ0n) is 9.29. The summed E-state index contributed by atoms with van der Waals surface area (Å²) in [4.78, 5) is 4.56. The Labute approximate surface area is 107 Å². The Morgan fingerprint density at radius 3 is 2.94 bits per heavy atom. The van der Waals surface area contributed by atoms with E-state index in [2.05, 4.69) is 21.5 Å². The molecule has 0 saturated carbocycles. The summed E-state index contributed by atoms with van der Waals surface area (Å²) >= 11 is 1.64. The van der Waals surface area contributed by atoms with E-state index >= 15 is 0 Å². The molecule has 3 nitrogen and oxygen atoms in total. The van der Waals surface area contributed by atoms with Crippen LogP contribution in [0.5, 0.6) is 0 Å². The van der Waals surface area contributed by atoms with E-state index in [0.717, 1.165) is 26.9 Å². The third-order valence-corrected chi connectivity index (χ3v) is 3.96. The molecule has 0 amide bonds. The molecule has 4 aromatic rings. The maximum atomic E-state index is 9.26. The van der Waals surface area contributed by atoms with Crippen molar-refractivity contribution in [3.05, 3.63) is 47.3 Å².